The van der Waals surface area contributed by atoms with Crippen LogP contribution in [0.25, 0.3) is 0 Å². The fourth-order valence-electron chi connectivity index (χ4n) is 3.17. The molecule has 0 aromatic heterocycles. The molecular weight excluding hydrogens is 346 g/mol. The molecule has 0 radical (unpaired) electrons. The first kappa shape index (κ1) is 19.7. The molecule has 0 spiro atoms. The minimum absolute atomic E-state index is 0.0198. The first-order valence-corrected chi connectivity index (χ1v) is 9.64. The van der Waals surface area contributed by atoms with Crippen LogP contribution in [0.3, 0.4) is 0 Å². The van der Waals surface area contributed by atoms with Crippen LogP contribution < -0.4 is 4.74 Å². The van der Waals surface area contributed by atoms with E-state index in [0.717, 1.165) is 28.0 Å². The van der Waals surface area contributed by atoms with Crippen molar-refractivity contribution in [1.82, 2.24) is 4.90 Å². The number of rotatable bonds is 7. The maximum atomic E-state index is 13.3. The van der Waals surface area contributed by atoms with Gasteiger partial charge in [-0.15, -0.1) is 0 Å². The van der Waals surface area contributed by atoms with Gasteiger partial charge >= 0.3 is 0 Å². The lowest BCUT2D eigenvalue weighted by Gasteiger charge is -2.27. The normalized spacial score (nSPS) is 11.7. The summed E-state index contributed by atoms with van der Waals surface area (Å²) in [6.07, 6.45) is -0.562. The summed E-state index contributed by atoms with van der Waals surface area (Å²) in [4.78, 5) is 15.1. The lowest BCUT2D eigenvalue weighted by Crippen LogP contribution is -2.39. The van der Waals surface area contributed by atoms with Gasteiger partial charge in [-0.1, -0.05) is 72.8 Å². The number of carbonyl (C=O) groups is 1. The van der Waals surface area contributed by atoms with E-state index < -0.39 is 6.10 Å². The number of ether oxygens (including phenoxy) is 1. The Balaban J connectivity index is 1.79. The maximum Gasteiger partial charge on any atom is 0.263 e. The van der Waals surface area contributed by atoms with E-state index in [2.05, 4.69) is 0 Å². The molecule has 3 aromatic rings. The van der Waals surface area contributed by atoms with E-state index in [4.69, 9.17) is 4.74 Å². The highest BCUT2D eigenvalue weighted by atomic mass is 16.5. The summed E-state index contributed by atoms with van der Waals surface area (Å²) in [5.41, 5.74) is 4.43. The van der Waals surface area contributed by atoms with Crippen molar-refractivity contribution < 1.29 is 9.53 Å². The molecule has 3 heteroatoms. The van der Waals surface area contributed by atoms with E-state index >= 15 is 0 Å². The minimum Gasteiger partial charge on any atom is -0.481 e. The van der Waals surface area contributed by atoms with E-state index in [0.29, 0.717) is 13.1 Å². The molecule has 0 bridgehead atoms. The molecule has 0 heterocycles. The molecule has 1 amide bonds. The third-order valence-corrected chi connectivity index (χ3v) is 4.95. The average molecular weight is 373 g/mol. The van der Waals surface area contributed by atoms with Crippen LogP contribution in [0.15, 0.2) is 78.9 Å². The molecule has 0 aliphatic carbocycles. The largest absolute Gasteiger partial charge is 0.481 e. The lowest BCUT2D eigenvalue weighted by molar-refractivity contribution is -0.139. The highest BCUT2D eigenvalue weighted by Crippen LogP contribution is 2.23. The van der Waals surface area contributed by atoms with E-state index in [1.165, 1.54) is 0 Å². The topological polar surface area (TPSA) is 29.5 Å². The van der Waals surface area contributed by atoms with Gasteiger partial charge in [0, 0.05) is 13.1 Å². The van der Waals surface area contributed by atoms with Gasteiger partial charge in [-0.25, -0.2) is 0 Å². The van der Waals surface area contributed by atoms with Crippen molar-refractivity contribution >= 4 is 5.91 Å². The van der Waals surface area contributed by atoms with Crippen molar-refractivity contribution in [2.24, 2.45) is 0 Å². The smallest absolute Gasteiger partial charge is 0.263 e. The van der Waals surface area contributed by atoms with Gasteiger partial charge in [0.2, 0.25) is 0 Å². The molecule has 0 N–H and O–H groups in total. The quantitative estimate of drug-likeness (QED) is 0.562. The van der Waals surface area contributed by atoms with Crippen LogP contribution in [-0.4, -0.2) is 16.9 Å². The Kier molecular flexibility index (Phi) is 6.49. The van der Waals surface area contributed by atoms with Crippen LogP contribution in [0.1, 0.15) is 29.2 Å². The van der Waals surface area contributed by atoms with Gasteiger partial charge in [0.05, 0.1) is 0 Å². The zero-order valence-electron chi connectivity index (χ0n) is 16.8. The average Bonchev–Trinajstić information content (AvgIpc) is 2.72. The Morgan fingerprint density at radius 2 is 1.36 bits per heavy atom. The molecule has 3 nitrogen and oxygen atoms in total. The molecule has 0 aliphatic heterocycles. The van der Waals surface area contributed by atoms with Gasteiger partial charge in [0.25, 0.3) is 5.91 Å². The summed E-state index contributed by atoms with van der Waals surface area (Å²) < 4.78 is 6.05. The van der Waals surface area contributed by atoms with Crippen molar-refractivity contribution in [3.63, 3.8) is 0 Å². The summed E-state index contributed by atoms with van der Waals surface area (Å²) in [5.74, 6) is 0.744. The maximum absolute atomic E-state index is 13.3. The van der Waals surface area contributed by atoms with Gasteiger partial charge in [-0.2, -0.15) is 0 Å². The standard InChI is InChI=1S/C25H27NO2/c1-19-11-10-16-24(20(19)2)28-21(3)25(27)26(17-22-12-6-4-7-13-22)18-23-14-8-5-9-15-23/h4-16,21H,17-18H2,1-3H3/t21-/m1/s1. The van der Waals surface area contributed by atoms with Gasteiger partial charge in [0.1, 0.15) is 5.75 Å². The Bertz CT molecular complexity index is 865. The van der Waals surface area contributed by atoms with Gasteiger partial charge in [0.15, 0.2) is 6.10 Å². The molecule has 0 saturated carbocycles. The number of hydrogen-bond donors (Lipinski definition) is 0. The number of benzene rings is 3. The fourth-order valence-corrected chi connectivity index (χ4v) is 3.17. The van der Waals surface area contributed by atoms with E-state index in [-0.39, 0.29) is 5.91 Å². The van der Waals surface area contributed by atoms with Crippen LogP contribution in [0, 0.1) is 13.8 Å². The second kappa shape index (κ2) is 9.23. The number of hydrogen-bond acceptors (Lipinski definition) is 2. The van der Waals surface area contributed by atoms with Crippen LogP contribution in [-0.2, 0) is 17.9 Å². The second-order valence-corrected chi connectivity index (χ2v) is 7.12. The summed E-state index contributed by atoms with van der Waals surface area (Å²) >= 11 is 0. The van der Waals surface area contributed by atoms with E-state index in [1.807, 2.05) is 105 Å². The Labute approximate surface area is 167 Å². The van der Waals surface area contributed by atoms with Crippen LogP contribution in [0.4, 0.5) is 0 Å². The highest BCUT2D eigenvalue weighted by Gasteiger charge is 2.23. The minimum atomic E-state index is -0.562. The molecule has 0 unspecified atom stereocenters. The molecular formula is C25H27NO2. The van der Waals surface area contributed by atoms with Crippen LogP contribution in [0.2, 0.25) is 0 Å². The summed E-state index contributed by atoms with van der Waals surface area (Å²) in [6.45, 7) is 7.00. The van der Waals surface area contributed by atoms with Crippen molar-refractivity contribution in [3.8, 4) is 5.75 Å². The zero-order valence-corrected chi connectivity index (χ0v) is 16.8. The van der Waals surface area contributed by atoms with Crippen molar-refractivity contribution in [2.75, 3.05) is 0 Å². The number of nitrogens with zero attached hydrogens (tertiary/aromatic N) is 1. The lowest BCUT2D eigenvalue weighted by atomic mass is 10.1. The van der Waals surface area contributed by atoms with Gasteiger partial charge < -0.3 is 9.64 Å². The fraction of sp³-hybridized carbons (Fsp3) is 0.240. The number of aryl methyl sites for hydroxylation is 1. The summed E-state index contributed by atoms with van der Waals surface area (Å²) in [6, 6.07) is 26.1. The van der Waals surface area contributed by atoms with Crippen LogP contribution >= 0.6 is 0 Å². The van der Waals surface area contributed by atoms with Crippen molar-refractivity contribution in [1.29, 1.82) is 0 Å². The number of amides is 1. The summed E-state index contributed by atoms with van der Waals surface area (Å²) in [7, 11) is 0. The zero-order chi connectivity index (χ0) is 19.9. The molecule has 0 saturated heterocycles. The molecule has 3 rings (SSSR count). The van der Waals surface area contributed by atoms with Gasteiger partial charge in [-0.3, -0.25) is 4.79 Å². The molecule has 144 valence electrons. The third kappa shape index (κ3) is 5.01. The molecule has 3 aromatic carbocycles. The molecule has 28 heavy (non-hydrogen) atoms. The first-order chi connectivity index (χ1) is 13.5. The Hall–Kier alpha value is -3.07. The predicted octanol–water partition coefficient (Wildman–Crippen LogP) is 5.30. The first-order valence-electron chi connectivity index (χ1n) is 9.64. The van der Waals surface area contributed by atoms with Crippen molar-refractivity contribution in [3.05, 3.63) is 101 Å². The van der Waals surface area contributed by atoms with Gasteiger partial charge in [-0.05, 0) is 49.1 Å². The highest BCUT2D eigenvalue weighted by molar-refractivity contribution is 5.81. The summed E-state index contributed by atoms with van der Waals surface area (Å²) in [5, 5.41) is 0. The Morgan fingerprint density at radius 3 is 1.89 bits per heavy atom. The van der Waals surface area contributed by atoms with Crippen LogP contribution in [0.5, 0.6) is 5.75 Å². The van der Waals surface area contributed by atoms with E-state index in [9.17, 15) is 4.79 Å². The third-order valence-electron chi connectivity index (χ3n) is 4.95. The molecule has 0 fully saturated rings. The van der Waals surface area contributed by atoms with E-state index in [1.54, 1.807) is 0 Å². The molecule has 1 atom stereocenters. The Morgan fingerprint density at radius 1 is 0.821 bits per heavy atom. The monoisotopic (exact) mass is 373 g/mol. The van der Waals surface area contributed by atoms with Crippen molar-refractivity contribution in [2.45, 2.75) is 40.0 Å². The predicted molar refractivity (Wildman–Crippen MR) is 113 cm³/mol. The molecule has 0 aliphatic rings. The number of carbonyl (C=O) groups excluding carboxylic acids is 1. The SMILES string of the molecule is Cc1cccc(O[C@H](C)C(=O)N(Cc2ccccc2)Cc2ccccc2)c1C. The second-order valence-electron chi connectivity index (χ2n) is 7.12.